The van der Waals surface area contributed by atoms with Crippen LogP contribution in [0.4, 0.5) is 5.00 Å². The molecule has 0 amide bonds. The number of esters is 1. The third kappa shape index (κ3) is 3.48. The summed E-state index contributed by atoms with van der Waals surface area (Å²) in [5.41, 5.74) is 1.21. The second-order valence-corrected chi connectivity index (χ2v) is 5.38. The predicted octanol–water partition coefficient (Wildman–Crippen LogP) is 1.96. The number of rotatable bonds is 6. The lowest BCUT2D eigenvalue weighted by atomic mass is 10.1. The molecule has 0 saturated heterocycles. The summed E-state index contributed by atoms with van der Waals surface area (Å²) in [6.45, 7) is 3.88. The zero-order chi connectivity index (χ0) is 15.3. The molecule has 1 aromatic heterocycles. The van der Waals surface area contributed by atoms with Gasteiger partial charge in [-0.1, -0.05) is 0 Å². The third-order valence-corrected chi connectivity index (χ3v) is 4.17. The normalized spacial score (nSPS) is 9.90. The molecular weight excluding hydrogens is 280 g/mol. The van der Waals surface area contributed by atoms with E-state index in [0.717, 1.165) is 10.4 Å². The monoisotopic (exact) mass is 296 g/mol. The van der Waals surface area contributed by atoms with E-state index in [9.17, 15) is 9.59 Å². The molecule has 20 heavy (non-hydrogen) atoms. The van der Waals surface area contributed by atoms with Gasteiger partial charge in [0, 0.05) is 11.4 Å². The Morgan fingerprint density at radius 2 is 2.10 bits per heavy atom. The maximum atomic E-state index is 11.9. The highest BCUT2D eigenvalue weighted by Gasteiger charge is 2.24. The van der Waals surface area contributed by atoms with Crippen molar-refractivity contribution in [2.45, 2.75) is 20.3 Å². The predicted molar refractivity (Wildman–Crippen MR) is 75.2 cm³/mol. The SMILES string of the molecule is COC(=O)c1c(N(CC#N)CCC(=O)O)sc(C)c1C. The summed E-state index contributed by atoms with van der Waals surface area (Å²) in [5.74, 6) is -1.42. The molecule has 7 heteroatoms. The van der Waals surface area contributed by atoms with Crippen LogP contribution < -0.4 is 4.90 Å². The lowest BCUT2D eigenvalue weighted by Crippen LogP contribution is -2.27. The lowest BCUT2D eigenvalue weighted by molar-refractivity contribution is -0.136. The molecule has 0 saturated carbocycles. The number of nitriles is 1. The van der Waals surface area contributed by atoms with Crippen molar-refractivity contribution < 1.29 is 19.4 Å². The summed E-state index contributed by atoms with van der Waals surface area (Å²) >= 11 is 1.37. The molecule has 0 aliphatic rings. The fourth-order valence-electron chi connectivity index (χ4n) is 1.74. The standard InChI is InChI=1S/C13H16N2O4S/c1-8-9(2)20-12(11(8)13(18)19-3)15(7-5-14)6-4-10(16)17/h4,6-7H2,1-3H3,(H,16,17). The minimum Gasteiger partial charge on any atom is -0.481 e. The highest BCUT2D eigenvalue weighted by atomic mass is 32.1. The Balaban J connectivity index is 3.19. The summed E-state index contributed by atoms with van der Waals surface area (Å²) in [6.07, 6.45) is -0.0989. The molecule has 0 aromatic carbocycles. The number of aliphatic carboxylic acids is 1. The molecule has 1 aromatic rings. The van der Waals surface area contributed by atoms with E-state index >= 15 is 0 Å². The van der Waals surface area contributed by atoms with Crippen LogP contribution in [0.1, 0.15) is 27.2 Å². The van der Waals surface area contributed by atoms with E-state index in [2.05, 4.69) is 0 Å². The van der Waals surface area contributed by atoms with Gasteiger partial charge in [0.15, 0.2) is 0 Å². The van der Waals surface area contributed by atoms with Gasteiger partial charge in [-0.05, 0) is 19.4 Å². The molecule has 0 fully saturated rings. The van der Waals surface area contributed by atoms with Gasteiger partial charge >= 0.3 is 11.9 Å². The Kier molecular flexibility index (Phi) is 5.53. The minimum atomic E-state index is -0.947. The lowest BCUT2D eigenvalue weighted by Gasteiger charge is -2.20. The van der Waals surface area contributed by atoms with Gasteiger partial charge in [0.05, 0.1) is 25.2 Å². The van der Waals surface area contributed by atoms with E-state index in [-0.39, 0.29) is 19.5 Å². The number of carboxylic acids is 1. The average molecular weight is 296 g/mol. The number of nitrogens with zero attached hydrogens (tertiary/aromatic N) is 2. The zero-order valence-electron chi connectivity index (χ0n) is 11.6. The summed E-state index contributed by atoms with van der Waals surface area (Å²) in [5, 5.41) is 18.2. The molecule has 0 radical (unpaired) electrons. The molecule has 0 unspecified atom stereocenters. The van der Waals surface area contributed by atoms with Gasteiger partial charge in [-0.2, -0.15) is 5.26 Å². The van der Waals surface area contributed by atoms with Crippen LogP contribution >= 0.6 is 11.3 Å². The van der Waals surface area contributed by atoms with Gasteiger partial charge in [0.1, 0.15) is 11.5 Å². The van der Waals surface area contributed by atoms with Crippen LogP contribution in [0, 0.1) is 25.2 Å². The van der Waals surface area contributed by atoms with Crippen molar-refractivity contribution >= 4 is 28.3 Å². The largest absolute Gasteiger partial charge is 0.481 e. The Labute approximate surface area is 121 Å². The van der Waals surface area contributed by atoms with Crippen molar-refractivity contribution in [1.82, 2.24) is 0 Å². The molecular formula is C13H16N2O4S. The highest BCUT2D eigenvalue weighted by molar-refractivity contribution is 7.16. The summed E-state index contributed by atoms with van der Waals surface area (Å²) < 4.78 is 4.77. The van der Waals surface area contributed by atoms with Gasteiger partial charge in [0.2, 0.25) is 0 Å². The molecule has 0 atom stereocenters. The molecule has 0 spiro atoms. The van der Waals surface area contributed by atoms with Crippen LogP contribution in [0.25, 0.3) is 0 Å². The van der Waals surface area contributed by atoms with Gasteiger partial charge in [-0.3, -0.25) is 4.79 Å². The van der Waals surface area contributed by atoms with Crippen LogP contribution in [0.5, 0.6) is 0 Å². The fourth-order valence-corrected chi connectivity index (χ4v) is 2.91. The van der Waals surface area contributed by atoms with E-state index in [1.54, 1.807) is 4.90 Å². The first kappa shape index (κ1) is 16.0. The molecule has 1 heterocycles. The summed E-state index contributed by atoms with van der Waals surface area (Å²) in [6, 6.07) is 1.99. The van der Waals surface area contributed by atoms with E-state index in [1.165, 1.54) is 18.4 Å². The van der Waals surface area contributed by atoms with Crippen LogP contribution in [0.2, 0.25) is 0 Å². The maximum absolute atomic E-state index is 11.9. The average Bonchev–Trinajstić information content (AvgIpc) is 2.69. The number of carbonyl (C=O) groups is 2. The summed E-state index contributed by atoms with van der Waals surface area (Å²) in [7, 11) is 1.30. The van der Waals surface area contributed by atoms with E-state index in [4.69, 9.17) is 15.1 Å². The van der Waals surface area contributed by atoms with E-state index in [0.29, 0.717) is 10.6 Å². The molecule has 0 bridgehead atoms. The number of carbonyl (C=O) groups excluding carboxylic acids is 1. The first-order valence-electron chi connectivity index (χ1n) is 5.94. The van der Waals surface area contributed by atoms with E-state index in [1.807, 2.05) is 19.9 Å². The topological polar surface area (TPSA) is 90.6 Å². The Hall–Kier alpha value is -2.07. The molecule has 108 valence electrons. The number of methoxy groups -OCH3 is 1. The maximum Gasteiger partial charge on any atom is 0.341 e. The number of hydrogen-bond donors (Lipinski definition) is 1. The third-order valence-electron chi connectivity index (χ3n) is 2.90. The molecule has 6 nitrogen and oxygen atoms in total. The van der Waals surface area contributed by atoms with Gasteiger partial charge in [-0.15, -0.1) is 11.3 Å². The zero-order valence-corrected chi connectivity index (χ0v) is 12.4. The number of ether oxygens (including phenoxy) is 1. The summed E-state index contributed by atoms with van der Waals surface area (Å²) in [4.78, 5) is 25.1. The van der Waals surface area contributed by atoms with Crippen molar-refractivity contribution in [2.75, 3.05) is 25.1 Å². The molecule has 0 aliphatic carbocycles. The second kappa shape index (κ2) is 6.91. The molecule has 0 aliphatic heterocycles. The Morgan fingerprint density at radius 1 is 1.45 bits per heavy atom. The fraction of sp³-hybridized carbons (Fsp3) is 0.462. The Bertz CT molecular complexity index is 559. The molecule has 1 rings (SSSR count). The van der Waals surface area contributed by atoms with Gasteiger partial charge in [0.25, 0.3) is 0 Å². The molecule has 1 N–H and O–H groups in total. The quantitative estimate of drug-likeness (QED) is 0.637. The van der Waals surface area contributed by atoms with Crippen molar-refractivity contribution in [1.29, 1.82) is 5.26 Å². The highest BCUT2D eigenvalue weighted by Crippen LogP contribution is 2.35. The first-order chi connectivity index (χ1) is 9.42. The van der Waals surface area contributed by atoms with Gasteiger partial charge in [-0.25, -0.2) is 4.79 Å². The van der Waals surface area contributed by atoms with Crippen molar-refractivity contribution in [3.05, 3.63) is 16.0 Å². The van der Waals surface area contributed by atoms with Crippen LogP contribution in [-0.2, 0) is 9.53 Å². The Morgan fingerprint density at radius 3 is 2.60 bits per heavy atom. The van der Waals surface area contributed by atoms with Gasteiger partial charge < -0.3 is 14.7 Å². The number of anilines is 1. The second-order valence-electron chi connectivity index (χ2n) is 4.18. The van der Waals surface area contributed by atoms with E-state index < -0.39 is 11.9 Å². The number of carboxylic acid groups (broad SMARTS) is 1. The number of aryl methyl sites for hydroxylation is 1. The number of thiophene rings is 1. The minimum absolute atomic E-state index is 0.0245. The van der Waals surface area contributed by atoms with Crippen LogP contribution in [0.3, 0.4) is 0 Å². The van der Waals surface area contributed by atoms with Crippen LogP contribution in [0.15, 0.2) is 0 Å². The van der Waals surface area contributed by atoms with Crippen molar-refractivity contribution in [3.63, 3.8) is 0 Å². The first-order valence-corrected chi connectivity index (χ1v) is 6.76. The number of hydrogen-bond acceptors (Lipinski definition) is 6. The van der Waals surface area contributed by atoms with Crippen molar-refractivity contribution in [2.24, 2.45) is 0 Å². The smallest absolute Gasteiger partial charge is 0.341 e. The van der Waals surface area contributed by atoms with Crippen LogP contribution in [-0.4, -0.2) is 37.2 Å². The van der Waals surface area contributed by atoms with Crippen molar-refractivity contribution in [3.8, 4) is 6.07 Å².